The van der Waals surface area contributed by atoms with Crippen molar-refractivity contribution in [2.75, 3.05) is 52.2 Å². The van der Waals surface area contributed by atoms with Crippen molar-refractivity contribution in [1.82, 2.24) is 9.80 Å². The Labute approximate surface area is 106 Å². The van der Waals surface area contributed by atoms with Crippen molar-refractivity contribution in [3.8, 4) is 0 Å². The molecule has 0 aliphatic carbocycles. The number of hydrogen-bond acceptors (Lipinski definition) is 4. The number of hydrogen-bond donors (Lipinski definition) is 1. The molecule has 1 aliphatic heterocycles. The highest BCUT2D eigenvalue weighted by Gasteiger charge is 2.21. The van der Waals surface area contributed by atoms with Crippen molar-refractivity contribution in [3.63, 3.8) is 0 Å². The fourth-order valence-corrected chi connectivity index (χ4v) is 2.45. The van der Waals surface area contributed by atoms with E-state index in [0.717, 1.165) is 25.5 Å². The average molecular weight is 246 g/mol. The minimum atomic E-state index is 0.701. The lowest BCUT2D eigenvalue weighted by Gasteiger charge is -2.29. The van der Waals surface area contributed by atoms with Crippen LogP contribution in [0.5, 0.6) is 0 Å². The van der Waals surface area contributed by atoms with Gasteiger partial charge in [0.1, 0.15) is 0 Å². The SMILES string of the molecule is CCC1CN(C)CCCN1CCOCCS. The summed E-state index contributed by atoms with van der Waals surface area (Å²) in [7, 11) is 2.23. The van der Waals surface area contributed by atoms with E-state index >= 15 is 0 Å². The van der Waals surface area contributed by atoms with E-state index in [9.17, 15) is 0 Å². The van der Waals surface area contributed by atoms with Gasteiger partial charge in [0.15, 0.2) is 0 Å². The molecule has 16 heavy (non-hydrogen) atoms. The zero-order chi connectivity index (χ0) is 11.8. The first-order valence-corrected chi connectivity index (χ1v) is 7.02. The quantitative estimate of drug-likeness (QED) is 0.563. The second-order valence-electron chi connectivity index (χ2n) is 4.55. The Morgan fingerprint density at radius 2 is 2.12 bits per heavy atom. The molecule has 0 aromatic heterocycles. The molecular weight excluding hydrogens is 220 g/mol. The Kier molecular flexibility index (Phi) is 7.45. The van der Waals surface area contributed by atoms with Gasteiger partial charge in [-0.1, -0.05) is 6.92 Å². The summed E-state index contributed by atoms with van der Waals surface area (Å²) in [4.78, 5) is 5.03. The van der Waals surface area contributed by atoms with Crippen LogP contribution in [0, 0.1) is 0 Å². The van der Waals surface area contributed by atoms with E-state index < -0.39 is 0 Å². The maximum Gasteiger partial charge on any atom is 0.0593 e. The molecule has 0 bridgehead atoms. The van der Waals surface area contributed by atoms with Gasteiger partial charge in [-0.15, -0.1) is 0 Å². The van der Waals surface area contributed by atoms with Gasteiger partial charge >= 0.3 is 0 Å². The molecule has 0 amide bonds. The Balaban J connectivity index is 2.30. The summed E-state index contributed by atoms with van der Waals surface area (Å²) in [6.45, 7) is 8.61. The summed E-state index contributed by atoms with van der Waals surface area (Å²) < 4.78 is 5.51. The minimum absolute atomic E-state index is 0.701. The van der Waals surface area contributed by atoms with E-state index in [1.807, 2.05) is 0 Å². The van der Waals surface area contributed by atoms with E-state index in [-0.39, 0.29) is 0 Å². The third kappa shape index (κ3) is 5.04. The third-order valence-corrected chi connectivity index (χ3v) is 3.44. The first kappa shape index (κ1) is 14.3. The van der Waals surface area contributed by atoms with Gasteiger partial charge in [0.05, 0.1) is 13.2 Å². The van der Waals surface area contributed by atoms with Crippen molar-refractivity contribution in [1.29, 1.82) is 0 Å². The smallest absolute Gasteiger partial charge is 0.0593 e. The molecular formula is C12H26N2OS. The Morgan fingerprint density at radius 1 is 1.31 bits per heavy atom. The topological polar surface area (TPSA) is 15.7 Å². The van der Waals surface area contributed by atoms with Crippen LogP contribution in [0.15, 0.2) is 0 Å². The maximum absolute atomic E-state index is 5.51. The van der Waals surface area contributed by atoms with Crippen LogP contribution in [0.2, 0.25) is 0 Å². The molecule has 4 heteroatoms. The zero-order valence-electron chi connectivity index (χ0n) is 10.7. The Bertz CT molecular complexity index is 180. The third-order valence-electron chi connectivity index (χ3n) is 3.25. The molecule has 1 saturated heterocycles. The number of ether oxygens (including phenoxy) is 1. The highest BCUT2D eigenvalue weighted by molar-refractivity contribution is 7.80. The Morgan fingerprint density at radius 3 is 2.81 bits per heavy atom. The summed E-state index contributed by atoms with van der Waals surface area (Å²) >= 11 is 4.14. The van der Waals surface area contributed by atoms with Crippen LogP contribution in [0.4, 0.5) is 0 Å². The Hall–Kier alpha value is 0.230. The van der Waals surface area contributed by atoms with Gasteiger partial charge in [0.25, 0.3) is 0 Å². The normalized spacial score (nSPS) is 24.6. The molecule has 1 rings (SSSR count). The monoisotopic (exact) mass is 246 g/mol. The van der Waals surface area contributed by atoms with Crippen LogP contribution in [-0.4, -0.2) is 68.0 Å². The van der Waals surface area contributed by atoms with Crippen molar-refractivity contribution < 1.29 is 4.74 Å². The second kappa shape index (κ2) is 8.34. The molecule has 0 radical (unpaired) electrons. The predicted molar refractivity (Wildman–Crippen MR) is 72.4 cm³/mol. The lowest BCUT2D eigenvalue weighted by Crippen LogP contribution is -2.41. The molecule has 0 aromatic carbocycles. The molecule has 1 heterocycles. The van der Waals surface area contributed by atoms with E-state index in [1.165, 1.54) is 32.5 Å². The van der Waals surface area contributed by atoms with Gasteiger partial charge in [-0.2, -0.15) is 12.6 Å². The summed E-state index contributed by atoms with van der Waals surface area (Å²) in [6.07, 6.45) is 2.51. The van der Waals surface area contributed by atoms with E-state index in [2.05, 4.69) is 36.4 Å². The average Bonchev–Trinajstić information content (AvgIpc) is 2.46. The van der Waals surface area contributed by atoms with Crippen LogP contribution in [0.1, 0.15) is 19.8 Å². The number of nitrogens with zero attached hydrogens (tertiary/aromatic N) is 2. The second-order valence-corrected chi connectivity index (χ2v) is 5.00. The molecule has 1 aliphatic rings. The van der Waals surface area contributed by atoms with Gasteiger partial charge in [-0.05, 0) is 33.0 Å². The molecule has 0 spiro atoms. The molecule has 1 atom stereocenters. The lowest BCUT2D eigenvalue weighted by molar-refractivity contribution is 0.0942. The molecule has 96 valence electrons. The highest BCUT2D eigenvalue weighted by Crippen LogP contribution is 2.11. The molecule has 0 saturated carbocycles. The van der Waals surface area contributed by atoms with Crippen LogP contribution in [-0.2, 0) is 4.74 Å². The highest BCUT2D eigenvalue weighted by atomic mass is 32.1. The van der Waals surface area contributed by atoms with Crippen LogP contribution in [0.25, 0.3) is 0 Å². The van der Waals surface area contributed by atoms with Crippen molar-refractivity contribution in [3.05, 3.63) is 0 Å². The van der Waals surface area contributed by atoms with Crippen molar-refractivity contribution in [2.45, 2.75) is 25.8 Å². The van der Waals surface area contributed by atoms with Crippen LogP contribution in [0.3, 0.4) is 0 Å². The fourth-order valence-electron chi connectivity index (χ4n) is 2.32. The van der Waals surface area contributed by atoms with Gasteiger partial charge in [-0.25, -0.2) is 0 Å². The van der Waals surface area contributed by atoms with Crippen molar-refractivity contribution >= 4 is 12.6 Å². The van der Waals surface area contributed by atoms with E-state index in [0.29, 0.717) is 6.04 Å². The van der Waals surface area contributed by atoms with E-state index in [1.54, 1.807) is 0 Å². The molecule has 1 unspecified atom stereocenters. The fraction of sp³-hybridized carbons (Fsp3) is 1.00. The molecule has 0 aromatic rings. The standard InChI is InChI=1S/C12H26N2OS/c1-3-12-11-13(2)5-4-6-14(12)7-8-15-9-10-16/h12,16H,3-11H2,1-2H3. The molecule has 0 N–H and O–H groups in total. The maximum atomic E-state index is 5.51. The summed E-state index contributed by atoms with van der Waals surface area (Å²) in [5.74, 6) is 0.819. The molecule has 3 nitrogen and oxygen atoms in total. The van der Waals surface area contributed by atoms with Crippen molar-refractivity contribution in [2.24, 2.45) is 0 Å². The summed E-state index contributed by atoms with van der Waals surface area (Å²) in [5, 5.41) is 0. The summed E-state index contributed by atoms with van der Waals surface area (Å²) in [5.41, 5.74) is 0. The lowest BCUT2D eigenvalue weighted by atomic mass is 10.2. The predicted octanol–water partition coefficient (Wildman–Crippen LogP) is 1.35. The minimum Gasteiger partial charge on any atom is -0.379 e. The first-order valence-electron chi connectivity index (χ1n) is 6.39. The zero-order valence-corrected chi connectivity index (χ0v) is 11.6. The van der Waals surface area contributed by atoms with Crippen LogP contribution >= 0.6 is 12.6 Å². The first-order chi connectivity index (χ1) is 7.77. The number of likely N-dealkylation sites (N-methyl/N-ethyl adjacent to an activating group) is 1. The van der Waals surface area contributed by atoms with Gasteiger partial charge in [-0.3, -0.25) is 4.90 Å². The molecule has 1 fully saturated rings. The number of thiol groups is 1. The number of rotatable bonds is 6. The van der Waals surface area contributed by atoms with Gasteiger partial charge < -0.3 is 9.64 Å². The summed E-state index contributed by atoms with van der Waals surface area (Å²) in [6, 6.07) is 0.701. The van der Waals surface area contributed by atoms with E-state index in [4.69, 9.17) is 4.74 Å². The van der Waals surface area contributed by atoms with Crippen LogP contribution < -0.4 is 0 Å². The van der Waals surface area contributed by atoms with Gasteiger partial charge in [0.2, 0.25) is 0 Å². The van der Waals surface area contributed by atoms with Gasteiger partial charge in [0, 0.05) is 24.9 Å². The largest absolute Gasteiger partial charge is 0.379 e.